The van der Waals surface area contributed by atoms with Crippen LogP contribution in [0.2, 0.25) is 0 Å². The normalized spacial score (nSPS) is 14.0. The van der Waals surface area contributed by atoms with E-state index in [4.69, 9.17) is 0 Å². The van der Waals surface area contributed by atoms with E-state index in [1.54, 1.807) is 6.33 Å². The highest BCUT2D eigenvalue weighted by molar-refractivity contribution is 5.89. The van der Waals surface area contributed by atoms with Gasteiger partial charge in [-0.1, -0.05) is 18.2 Å². The standard InChI is InChI=1S/C18H18N4O/c1-21-10-13(15-4-2-3-5-17(15)21)8-18(23)22-7-6-16-14(11-22)9-19-12-20-16/h2-5,9-10,12H,6-8,11H2,1H3. The Labute approximate surface area is 134 Å². The second kappa shape index (κ2) is 5.50. The van der Waals surface area contributed by atoms with Gasteiger partial charge in [0, 0.05) is 55.4 Å². The van der Waals surface area contributed by atoms with Gasteiger partial charge in [-0.15, -0.1) is 0 Å². The number of fused-ring (bicyclic) bond motifs is 2. The quantitative estimate of drug-likeness (QED) is 0.728. The van der Waals surface area contributed by atoms with E-state index in [2.05, 4.69) is 32.9 Å². The summed E-state index contributed by atoms with van der Waals surface area (Å²) >= 11 is 0. The summed E-state index contributed by atoms with van der Waals surface area (Å²) in [5.41, 5.74) is 4.37. The van der Waals surface area contributed by atoms with Crippen LogP contribution < -0.4 is 0 Å². The molecular formula is C18H18N4O. The Kier molecular flexibility index (Phi) is 3.33. The van der Waals surface area contributed by atoms with Crippen molar-refractivity contribution < 1.29 is 4.79 Å². The summed E-state index contributed by atoms with van der Waals surface area (Å²) in [4.78, 5) is 23.0. The molecule has 5 heteroatoms. The van der Waals surface area contributed by atoms with E-state index in [-0.39, 0.29) is 5.91 Å². The molecule has 1 aliphatic rings. The third-order valence-electron chi connectivity index (χ3n) is 4.53. The van der Waals surface area contributed by atoms with Crippen LogP contribution in [0.5, 0.6) is 0 Å². The summed E-state index contributed by atoms with van der Waals surface area (Å²) in [5, 5.41) is 1.16. The van der Waals surface area contributed by atoms with Crippen LogP contribution in [0.1, 0.15) is 16.8 Å². The average molecular weight is 306 g/mol. The summed E-state index contributed by atoms with van der Waals surface area (Å²) in [6.07, 6.45) is 6.69. The third kappa shape index (κ3) is 2.48. The van der Waals surface area contributed by atoms with Gasteiger partial charge in [-0.25, -0.2) is 9.97 Å². The maximum Gasteiger partial charge on any atom is 0.227 e. The van der Waals surface area contributed by atoms with Crippen LogP contribution in [-0.4, -0.2) is 31.9 Å². The Morgan fingerprint density at radius 3 is 3.09 bits per heavy atom. The molecule has 0 aliphatic carbocycles. The van der Waals surface area contributed by atoms with Crippen LogP contribution >= 0.6 is 0 Å². The van der Waals surface area contributed by atoms with E-state index >= 15 is 0 Å². The molecule has 0 saturated carbocycles. The van der Waals surface area contributed by atoms with Gasteiger partial charge in [-0.2, -0.15) is 0 Å². The fourth-order valence-corrected chi connectivity index (χ4v) is 3.32. The van der Waals surface area contributed by atoms with Gasteiger partial charge in [0.15, 0.2) is 0 Å². The highest BCUT2D eigenvalue weighted by Crippen LogP contribution is 2.22. The molecule has 5 nitrogen and oxygen atoms in total. The zero-order valence-electron chi connectivity index (χ0n) is 13.1. The molecule has 2 aromatic heterocycles. The molecule has 0 unspecified atom stereocenters. The molecule has 116 valence electrons. The fraction of sp³-hybridized carbons (Fsp3) is 0.278. The van der Waals surface area contributed by atoms with Crippen molar-refractivity contribution in [3.05, 3.63) is 59.8 Å². The smallest absolute Gasteiger partial charge is 0.227 e. The van der Waals surface area contributed by atoms with Crippen LogP contribution in [0.15, 0.2) is 43.0 Å². The van der Waals surface area contributed by atoms with Crippen LogP contribution in [0.25, 0.3) is 10.9 Å². The van der Waals surface area contributed by atoms with Crippen molar-refractivity contribution in [2.75, 3.05) is 6.54 Å². The lowest BCUT2D eigenvalue weighted by Gasteiger charge is -2.27. The summed E-state index contributed by atoms with van der Waals surface area (Å²) in [6, 6.07) is 8.20. The number of carbonyl (C=O) groups is 1. The van der Waals surface area contributed by atoms with Gasteiger partial charge in [0.1, 0.15) is 6.33 Å². The van der Waals surface area contributed by atoms with Crippen molar-refractivity contribution >= 4 is 16.8 Å². The summed E-state index contributed by atoms with van der Waals surface area (Å²) in [6.45, 7) is 1.34. The first-order valence-electron chi connectivity index (χ1n) is 7.81. The van der Waals surface area contributed by atoms with Crippen LogP contribution in [0.3, 0.4) is 0 Å². The van der Waals surface area contributed by atoms with E-state index in [0.717, 1.165) is 40.7 Å². The van der Waals surface area contributed by atoms with Crippen molar-refractivity contribution in [1.29, 1.82) is 0 Å². The number of hydrogen-bond donors (Lipinski definition) is 0. The van der Waals surface area contributed by atoms with Gasteiger partial charge in [0.2, 0.25) is 5.91 Å². The van der Waals surface area contributed by atoms with Crippen molar-refractivity contribution in [2.24, 2.45) is 7.05 Å². The third-order valence-corrected chi connectivity index (χ3v) is 4.53. The Morgan fingerprint density at radius 1 is 1.30 bits per heavy atom. The molecule has 4 rings (SSSR count). The molecule has 0 atom stereocenters. The zero-order valence-corrected chi connectivity index (χ0v) is 13.1. The lowest BCUT2D eigenvalue weighted by Crippen LogP contribution is -2.37. The molecule has 23 heavy (non-hydrogen) atoms. The zero-order chi connectivity index (χ0) is 15.8. The number of benzene rings is 1. The van der Waals surface area contributed by atoms with E-state index in [0.29, 0.717) is 13.0 Å². The van der Waals surface area contributed by atoms with E-state index in [1.165, 1.54) is 0 Å². The number of nitrogens with zero attached hydrogens (tertiary/aromatic N) is 4. The molecule has 1 aliphatic heterocycles. The predicted octanol–water partition coefficient (Wildman–Crippen LogP) is 2.10. The molecule has 0 fully saturated rings. The maximum absolute atomic E-state index is 12.7. The number of aromatic nitrogens is 3. The highest BCUT2D eigenvalue weighted by Gasteiger charge is 2.22. The Hall–Kier alpha value is -2.69. The number of rotatable bonds is 2. The number of aryl methyl sites for hydroxylation is 1. The topological polar surface area (TPSA) is 51.0 Å². The molecule has 0 N–H and O–H groups in total. The largest absolute Gasteiger partial charge is 0.350 e. The maximum atomic E-state index is 12.7. The minimum Gasteiger partial charge on any atom is -0.350 e. The minimum absolute atomic E-state index is 0.163. The van der Waals surface area contributed by atoms with Gasteiger partial charge in [-0.05, 0) is 11.6 Å². The molecule has 3 aromatic rings. The minimum atomic E-state index is 0.163. The van der Waals surface area contributed by atoms with E-state index < -0.39 is 0 Å². The number of carbonyl (C=O) groups excluding carboxylic acids is 1. The van der Waals surface area contributed by atoms with E-state index in [1.807, 2.05) is 30.3 Å². The lowest BCUT2D eigenvalue weighted by atomic mass is 10.1. The number of hydrogen-bond acceptors (Lipinski definition) is 3. The molecule has 0 bridgehead atoms. The lowest BCUT2D eigenvalue weighted by molar-refractivity contribution is -0.131. The monoisotopic (exact) mass is 306 g/mol. The van der Waals surface area contributed by atoms with Crippen LogP contribution in [0.4, 0.5) is 0 Å². The molecule has 1 amide bonds. The molecule has 3 heterocycles. The van der Waals surface area contributed by atoms with Crippen LogP contribution in [-0.2, 0) is 31.2 Å². The van der Waals surface area contributed by atoms with Gasteiger partial charge >= 0.3 is 0 Å². The highest BCUT2D eigenvalue weighted by atomic mass is 16.2. The molecule has 0 spiro atoms. The Bertz CT molecular complexity index is 884. The second-order valence-electron chi connectivity index (χ2n) is 6.02. The first kappa shape index (κ1) is 13.9. The SMILES string of the molecule is Cn1cc(CC(=O)N2CCc3ncncc3C2)c2ccccc21. The summed E-state index contributed by atoms with van der Waals surface area (Å²) in [7, 11) is 2.02. The Balaban J connectivity index is 1.56. The predicted molar refractivity (Wildman–Crippen MR) is 87.8 cm³/mol. The summed E-state index contributed by atoms with van der Waals surface area (Å²) in [5.74, 6) is 0.163. The molecule has 1 aromatic carbocycles. The Morgan fingerprint density at radius 2 is 2.17 bits per heavy atom. The fourth-order valence-electron chi connectivity index (χ4n) is 3.32. The van der Waals surface area contributed by atoms with Crippen molar-refractivity contribution in [3.63, 3.8) is 0 Å². The molecular weight excluding hydrogens is 288 g/mol. The average Bonchev–Trinajstić information content (AvgIpc) is 2.91. The first-order valence-corrected chi connectivity index (χ1v) is 7.81. The van der Waals surface area contributed by atoms with Gasteiger partial charge < -0.3 is 9.47 Å². The molecule has 0 saturated heterocycles. The molecule has 0 radical (unpaired) electrons. The second-order valence-corrected chi connectivity index (χ2v) is 6.02. The van der Waals surface area contributed by atoms with Crippen molar-refractivity contribution in [3.8, 4) is 0 Å². The van der Waals surface area contributed by atoms with Crippen molar-refractivity contribution in [2.45, 2.75) is 19.4 Å². The van der Waals surface area contributed by atoms with Gasteiger partial charge in [0.05, 0.1) is 12.1 Å². The van der Waals surface area contributed by atoms with Crippen LogP contribution in [0, 0.1) is 0 Å². The number of amides is 1. The van der Waals surface area contributed by atoms with E-state index in [9.17, 15) is 4.79 Å². The van der Waals surface area contributed by atoms with Gasteiger partial charge in [0.25, 0.3) is 0 Å². The van der Waals surface area contributed by atoms with Gasteiger partial charge in [-0.3, -0.25) is 4.79 Å². The van der Waals surface area contributed by atoms with Crippen molar-refractivity contribution in [1.82, 2.24) is 19.4 Å². The first-order chi connectivity index (χ1) is 11.2. The summed E-state index contributed by atoms with van der Waals surface area (Å²) < 4.78 is 2.08. The number of para-hydroxylation sites is 1.